The molecule has 2 N–H and O–H groups in total. The minimum atomic E-state index is 0.763. The summed E-state index contributed by atoms with van der Waals surface area (Å²) in [5, 5.41) is 4.46. The number of aryl methyl sites for hydroxylation is 2. The number of hydrogen-bond acceptors (Lipinski definition) is 2. The average Bonchev–Trinajstić information content (AvgIpc) is 2.62. The predicted molar refractivity (Wildman–Crippen MR) is 111 cm³/mol. The van der Waals surface area contributed by atoms with Crippen molar-refractivity contribution in [3.05, 3.63) is 77.9 Å². The summed E-state index contributed by atoms with van der Waals surface area (Å²) >= 11 is 0. The highest BCUT2D eigenvalue weighted by atomic mass is 16.5. The third kappa shape index (κ3) is 3.11. The first-order valence-corrected chi connectivity index (χ1v) is 9.13. The van der Waals surface area contributed by atoms with Gasteiger partial charge in [-0.25, -0.2) is 0 Å². The summed E-state index contributed by atoms with van der Waals surface area (Å²) in [5.41, 5.74) is 9.34. The summed E-state index contributed by atoms with van der Waals surface area (Å²) in [6.07, 6.45) is 2.24. The highest BCUT2D eigenvalue weighted by Crippen LogP contribution is 2.38. The minimum Gasteiger partial charge on any atom is -0.456 e. The number of anilines is 1. The van der Waals surface area contributed by atoms with Gasteiger partial charge in [0, 0.05) is 16.5 Å². The molecule has 0 aliphatic carbocycles. The zero-order valence-electron chi connectivity index (χ0n) is 15.3. The lowest BCUT2D eigenvalue weighted by molar-refractivity contribution is 0.493. The molecule has 0 radical (unpaired) electrons. The number of nitrogens with two attached hydrogens (primary N) is 1. The molecule has 4 rings (SSSR count). The second-order valence-electron chi connectivity index (χ2n) is 6.91. The normalized spacial score (nSPS) is 11.2. The molecule has 2 heteroatoms. The van der Waals surface area contributed by atoms with Crippen LogP contribution in [0.2, 0.25) is 0 Å². The van der Waals surface area contributed by atoms with Crippen LogP contribution in [0.4, 0.5) is 5.69 Å². The number of rotatable bonds is 4. The fourth-order valence-electron chi connectivity index (χ4n) is 3.47. The molecule has 130 valence electrons. The molecule has 0 saturated carbocycles. The summed E-state index contributed by atoms with van der Waals surface area (Å²) in [4.78, 5) is 0. The van der Waals surface area contributed by atoms with Gasteiger partial charge in [0.1, 0.15) is 11.5 Å². The van der Waals surface area contributed by atoms with E-state index in [0.717, 1.165) is 46.2 Å². The van der Waals surface area contributed by atoms with Crippen LogP contribution in [0.25, 0.3) is 21.5 Å². The quantitative estimate of drug-likeness (QED) is 0.334. The van der Waals surface area contributed by atoms with Gasteiger partial charge in [0.2, 0.25) is 0 Å². The van der Waals surface area contributed by atoms with Gasteiger partial charge in [-0.3, -0.25) is 0 Å². The fraction of sp³-hybridized carbons (Fsp3) is 0.167. The lowest BCUT2D eigenvalue weighted by Crippen LogP contribution is -1.91. The van der Waals surface area contributed by atoms with Crippen molar-refractivity contribution >= 4 is 27.2 Å². The maximum absolute atomic E-state index is 6.38. The van der Waals surface area contributed by atoms with Crippen LogP contribution in [0.3, 0.4) is 0 Å². The first kappa shape index (κ1) is 16.5. The molecular formula is C24H23NO. The second-order valence-corrected chi connectivity index (χ2v) is 6.91. The molecule has 0 heterocycles. The Bertz CT molecular complexity index is 1020. The maximum atomic E-state index is 6.38. The number of fused-ring (bicyclic) bond motifs is 2. The van der Waals surface area contributed by atoms with Crippen molar-refractivity contribution in [3.63, 3.8) is 0 Å². The Morgan fingerprint density at radius 1 is 0.808 bits per heavy atom. The molecule has 0 aliphatic heterocycles. The lowest BCUT2D eigenvalue weighted by atomic mass is 10.00. The Morgan fingerprint density at radius 3 is 2.23 bits per heavy atom. The van der Waals surface area contributed by atoms with Gasteiger partial charge in [0.05, 0.1) is 0 Å². The first-order chi connectivity index (χ1) is 12.6. The molecule has 0 atom stereocenters. The fourth-order valence-corrected chi connectivity index (χ4v) is 3.47. The largest absolute Gasteiger partial charge is 0.456 e. The van der Waals surface area contributed by atoms with E-state index in [4.69, 9.17) is 10.5 Å². The van der Waals surface area contributed by atoms with E-state index in [0.29, 0.717) is 0 Å². The van der Waals surface area contributed by atoms with Crippen LogP contribution in [-0.2, 0) is 6.42 Å². The van der Waals surface area contributed by atoms with E-state index in [1.54, 1.807) is 0 Å². The molecule has 0 saturated heterocycles. The van der Waals surface area contributed by atoms with Crippen molar-refractivity contribution < 1.29 is 4.74 Å². The Labute approximate surface area is 154 Å². The van der Waals surface area contributed by atoms with E-state index in [1.165, 1.54) is 16.5 Å². The van der Waals surface area contributed by atoms with Crippen LogP contribution in [0.15, 0.2) is 66.7 Å². The molecule has 0 fully saturated rings. The third-order valence-corrected chi connectivity index (χ3v) is 4.76. The Hall–Kier alpha value is -3.00. The van der Waals surface area contributed by atoms with Crippen molar-refractivity contribution in [2.45, 2.75) is 26.7 Å². The van der Waals surface area contributed by atoms with E-state index < -0.39 is 0 Å². The Balaban J connectivity index is 1.87. The number of nitrogen functional groups attached to an aromatic ring is 1. The number of hydrogen-bond donors (Lipinski definition) is 1. The summed E-state index contributed by atoms with van der Waals surface area (Å²) in [6, 6.07) is 23.0. The second kappa shape index (κ2) is 6.72. The van der Waals surface area contributed by atoms with Crippen molar-refractivity contribution in [1.82, 2.24) is 0 Å². The predicted octanol–water partition coefficient (Wildman–Crippen LogP) is 6.63. The zero-order valence-corrected chi connectivity index (χ0v) is 15.3. The van der Waals surface area contributed by atoms with Crippen molar-refractivity contribution in [2.75, 3.05) is 5.73 Å². The highest BCUT2D eigenvalue weighted by Gasteiger charge is 2.11. The summed E-state index contributed by atoms with van der Waals surface area (Å²) < 4.78 is 6.38. The molecule has 0 unspecified atom stereocenters. The van der Waals surface area contributed by atoms with Gasteiger partial charge in [-0.05, 0) is 66.1 Å². The van der Waals surface area contributed by atoms with Gasteiger partial charge in [-0.15, -0.1) is 0 Å². The number of benzene rings is 4. The topological polar surface area (TPSA) is 35.2 Å². The summed E-state index contributed by atoms with van der Waals surface area (Å²) in [5.74, 6) is 1.75. The van der Waals surface area contributed by atoms with E-state index in [1.807, 2.05) is 18.2 Å². The SMILES string of the molecule is CCCc1ccc(Oc2c3ccc(C)cc3cc3cc(N)ccc23)cc1. The molecule has 0 spiro atoms. The molecule has 4 aromatic rings. The van der Waals surface area contributed by atoms with Gasteiger partial charge < -0.3 is 10.5 Å². The molecule has 0 aliphatic rings. The van der Waals surface area contributed by atoms with Crippen LogP contribution >= 0.6 is 0 Å². The molecule has 2 nitrogen and oxygen atoms in total. The van der Waals surface area contributed by atoms with Crippen LogP contribution in [0, 0.1) is 6.92 Å². The van der Waals surface area contributed by atoms with Crippen LogP contribution in [-0.4, -0.2) is 0 Å². The van der Waals surface area contributed by atoms with Crippen molar-refractivity contribution in [3.8, 4) is 11.5 Å². The van der Waals surface area contributed by atoms with E-state index >= 15 is 0 Å². The van der Waals surface area contributed by atoms with Crippen molar-refractivity contribution in [2.24, 2.45) is 0 Å². The van der Waals surface area contributed by atoms with E-state index in [2.05, 4.69) is 62.4 Å². The molecule has 0 bridgehead atoms. The lowest BCUT2D eigenvalue weighted by Gasteiger charge is -2.14. The van der Waals surface area contributed by atoms with Gasteiger partial charge >= 0.3 is 0 Å². The molecule has 4 aromatic carbocycles. The van der Waals surface area contributed by atoms with E-state index in [-0.39, 0.29) is 0 Å². The third-order valence-electron chi connectivity index (χ3n) is 4.76. The standard InChI is InChI=1S/C24H23NO/c1-3-4-17-6-9-21(10-7-17)26-24-22-11-5-16(2)13-18(22)14-19-15-20(25)8-12-23(19)24/h5-15H,3-4,25H2,1-2H3. The highest BCUT2D eigenvalue weighted by molar-refractivity contribution is 6.06. The van der Waals surface area contributed by atoms with Gasteiger partial charge in [-0.1, -0.05) is 49.2 Å². The molecular weight excluding hydrogens is 318 g/mol. The molecule has 0 amide bonds. The van der Waals surface area contributed by atoms with Gasteiger partial charge in [0.15, 0.2) is 0 Å². The van der Waals surface area contributed by atoms with E-state index in [9.17, 15) is 0 Å². The Kier molecular flexibility index (Phi) is 4.26. The minimum absolute atomic E-state index is 0.763. The van der Waals surface area contributed by atoms with Crippen molar-refractivity contribution in [1.29, 1.82) is 0 Å². The smallest absolute Gasteiger partial charge is 0.143 e. The van der Waals surface area contributed by atoms with Crippen LogP contribution < -0.4 is 10.5 Å². The zero-order chi connectivity index (χ0) is 18.1. The van der Waals surface area contributed by atoms with Gasteiger partial charge in [0.25, 0.3) is 0 Å². The first-order valence-electron chi connectivity index (χ1n) is 9.13. The molecule has 26 heavy (non-hydrogen) atoms. The summed E-state index contributed by atoms with van der Waals surface area (Å²) in [7, 11) is 0. The molecule has 0 aromatic heterocycles. The monoisotopic (exact) mass is 341 g/mol. The van der Waals surface area contributed by atoms with Gasteiger partial charge in [-0.2, -0.15) is 0 Å². The number of ether oxygens (including phenoxy) is 1. The maximum Gasteiger partial charge on any atom is 0.143 e. The Morgan fingerprint density at radius 2 is 1.50 bits per heavy atom. The van der Waals surface area contributed by atoms with Crippen LogP contribution in [0.1, 0.15) is 24.5 Å². The summed E-state index contributed by atoms with van der Waals surface area (Å²) in [6.45, 7) is 4.30. The average molecular weight is 341 g/mol. The van der Waals surface area contributed by atoms with Crippen LogP contribution in [0.5, 0.6) is 11.5 Å².